The zero-order valence-electron chi connectivity index (χ0n) is 35.7. The van der Waals surface area contributed by atoms with Crippen molar-refractivity contribution in [3.63, 3.8) is 0 Å². The molecule has 0 unspecified atom stereocenters. The number of nitrogens with zero attached hydrogens (tertiary/aromatic N) is 3. The van der Waals surface area contributed by atoms with Gasteiger partial charge in [-0.15, -0.1) is 11.3 Å². The van der Waals surface area contributed by atoms with Crippen LogP contribution in [0.5, 0.6) is 0 Å². The van der Waals surface area contributed by atoms with Crippen molar-refractivity contribution in [3.05, 3.63) is 230 Å². The molecule has 0 saturated heterocycles. The summed E-state index contributed by atoms with van der Waals surface area (Å²) in [6, 6.07) is 73.6. The molecule has 0 aliphatic rings. The summed E-state index contributed by atoms with van der Waals surface area (Å²) >= 11 is 1.87. The molecule has 0 atom stereocenters. The van der Waals surface area contributed by atoms with Crippen LogP contribution in [0.1, 0.15) is 11.3 Å². The Balaban J connectivity index is 1.05. The van der Waals surface area contributed by atoms with E-state index in [1.807, 2.05) is 17.4 Å². The van der Waals surface area contributed by atoms with Crippen LogP contribution in [0.3, 0.4) is 0 Å². The van der Waals surface area contributed by atoms with E-state index in [0.29, 0.717) is 0 Å². The van der Waals surface area contributed by atoms with Gasteiger partial charge in [0, 0.05) is 64.2 Å². The molecule has 3 nitrogen and oxygen atoms in total. The molecule has 0 fully saturated rings. The van der Waals surface area contributed by atoms with Crippen molar-refractivity contribution in [2.24, 2.45) is 0 Å². The molecule has 0 bridgehead atoms. The molecule has 306 valence electrons. The maximum atomic E-state index is 4.10. The van der Waals surface area contributed by atoms with Gasteiger partial charge in [0.25, 0.3) is 0 Å². The third-order valence-electron chi connectivity index (χ3n) is 13.4. The van der Waals surface area contributed by atoms with E-state index in [1.54, 1.807) is 0 Å². The second-order valence-corrected chi connectivity index (χ2v) is 18.0. The Morgan fingerprint density at radius 2 is 0.923 bits per heavy atom. The number of hydrogen-bond acceptors (Lipinski definition) is 1. The van der Waals surface area contributed by atoms with Gasteiger partial charge in [-0.1, -0.05) is 146 Å². The zero-order valence-corrected chi connectivity index (χ0v) is 36.6. The number of thiophene rings is 1. The highest BCUT2D eigenvalue weighted by atomic mass is 32.1. The summed E-state index contributed by atoms with van der Waals surface area (Å²) in [4.78, 5) is 0. The van der Waals surface area contributed by atoms with Crippen LogP contribution in [0.15, 0.2) is 219 Å². The van der Waals surface area contributed by atoms with E-state index in [1.165, 1.54) is 103 Å². The summed E-state index contributed by atoms with van der Waals surface area (Å²) < 4.78 is 9.90. The highest BCUT2D eigenvalue weighted by Gasteiger charge is 2.22. The summed E-state index contributed by atoms with van der Waals surface area (Å²) in [5.74, 6) is 0. The number of fused-ring (bicyclic) bond motifs is 10. The fourth-order valence-electron chi connectivity index (χ4n) is 10.6. The molecule has 0 saturated carbocycles. The van der Waals surface area contributed by atoms with Gasteiger partial charge < -0.3 is 13.7 Å². The van der Waals surface area contributed by atoms with E-state index in [0.717, 1.165) is 22.6 Å². The van der Waals surface area contributed by atoms with Gasteiger partial charge in [0.1, 0.15) is 0 Å². The molecular weight excluding hydrogens is 807 g/mol. The van der Waals surface area contributed by atoms with Gasteiger partial charge in [-0.3, -0.25) is 0 Å². The van der Waals surface area contributed by atoms with Crippen LogP contribution in [0.25, 0.3) is 120 Å². The zero-order chi connectivity index (χ0) is 43.2. The summed E-state index contributed by atoms with van der Waals surface area (Å²) in [6.07, 6.45) is 6.17. The topological polar surface area (TPSA) is 14.8 Å². The number of allylic oxidation sites excluding steroid dienone is 2. The summed E-state index contributed by atoms with van der Waals surface area (Å²) in [6.45, 7) is 6.37. The molecule has 13 aromatic rings. The number of aromatic nitrogens is 3. The third-order valence-corrected chi connectivity index (χ3v) is 14.5. The molecule has 0 N–H and O–H groups in total. The second-order valence-electron chi connectivity index (χ2n) is 16.9. The Kier molecular flexibility index (Phi) is 8.45. The summed E-state index contributed by atoms with van der Waals surface area (Å²) in [5.41, 5.74) is 16.6. The maximum absolute atomic E-state index is 4.10. The molecule has 4 aromatic heterocycles. The van der Waals surface area contributed by atoms with Crippen LogP contribution in [-0.4, -0.2) is 13.7 Å². The summed E-state index contributed by atoms with van der Waals surface area (Å²) in [5, 5.41) is 8.73. The fourth-order valence-corrected chi connectivity index (χ4v) is 11.7. The Labute approximate surface area is 380 Å². The van der Waals surface area contributed by atoms with E-state index < -0.39 is 0 Å². The van der Waals surface area contributed by atoms with Gasteiger partial charge in [-0.2, -0.15) is 0 Å². The highest BCUT2D eigenvalue weighted by molar-refractivity contribution is 7.26. The standard InChI is InChI=1S/C61H41N3S/c1-3-4-26-52-39(2)50-37-42(63-55-29-16-12-24-48(55)51-38-43(32-34-57(51)63)62-53-27-14-10-22-46(53)47-23-11-15-28-54(47)62)31-33-56(50)64(52)58-35-41(36-60-61(58)49-25-13-17-30-59(49)65-60)45-21-9-8-20-44(45)40-18-6-5-7-19-40/h3-38H,1H2,2H3/b26-4-. The minimum absolute atomic E-state index is 1.13. The van der Waals surface area contributed by atoms with Crippen molar-refractivity contribution in [2.75, 3.05) is 0 Å². The molecule has 65 heavy (non-hydrogen) atoms. The Morgan fingerprint density at radius 3 is 1.57 bits per heavy atom. The van der Waals surface area contributed by atoms with Crippen molar-refractivity contribution in [1.82, 2.24) is 13.7 Å². The predicted molar refractivity (Wildman–Crippen MR) is 280 cm³/mol. The third kappa shape index (κ3) is 5.67. The average Bonchev–Trinajstić information content (AvgIpc) is 4.09. The van der Waals surface area contributed by atoms with Crippen molar-refractivity contribution in [2.45, 2.75) is 6.92 Å². The van der Waals surface area contributed by atoms with Gasteiger partial charge in [0.05, 0.1) is 33.3 Å². The molecule has 4 heterocycles. The predicted octanol–water partition coefficient (Wildman–Crippen LogP) is 17.0. The lowest BCUT2D eigenvalue weighted by Crippen LogP contribution is -1.99. The molecule has 0 amide bonds. The lowest BCUT2D eigenvalue weighted by atomic mass is 9.93. The number of rotatable bonds is 7. The normalized spacial score (nSPS) is 12.1. The first-order valence-electron chi connectivity index (χ1n) is 22.2. The number of para-hydroxylation sites is 3. The van der Waals surface area contributed by atoms with Crippen molar-refractivity contribution >= 4 is 92.1 Å². The van der Waals surface area contributed by atoms with Crippen LogP contribution in [0.2, 0.25) is 0 Å². The monoisotopic (exact) mass is 847 g/mol. The van der Waals surface area contributed by atoms with E-state index in [2.05, 4.69) is 240 Å². The lowest BCUT2D eigenvalue weighted by molar-refractivity contribution is 1.11. The van der Waals surface area contributed by atoms with Crippen LogP contribution in [0, 0.1) is 6.92 Å². The summed E-state index contributed by atoms with van der Waals surface area (Å²) in [7, 11) is 0. The van der Waals surface area contributed by atoms with E-state index >= 15 is 0 Å². The van der Waals surface area contributed by atoms with Crippen LogP contribution in [0.4, 0.5) is 0 Å². The molecule has 9 aromatic carbocycles. The first-order chi connectivity index (χ1) is 32.1. The number of benzene rings is 9. The van der Waals surface area contributed by atoms with Crippen molar-refractivity contribution in [3.8, 4) is 39.3 Å². The second kappa shape index (κ2) is 14.7. The minimum atomic E-state index is 1.13. The molecule has 0 aliphatic carbocycles. The first kappa shape index (κ1) is 37.4. The van der Waals surface area contributed by atoms with Crippen LogP contribution >= 0.6 is 11.3 Å². The Hall–Kier alpha value is -8.18. The van der Waals surface area contributed by atoms with Crippen molar-refractivity contribution in [1.29, 1.82) is 0 Å². The number of hydrogen-bond donors (Lipinski definition) is 0. The Bertz CT molecular complexity index is 4040. The lowest BCUT2D eigenvalue weighted by Gasteiger charge is -2.16. The SMILES string of the molecule is C=C/C=C\c1c(C)c2cc(-n3c4ccccc4c4cc(-n5c6ccccc6c6ccccc65)ccc43)ccc2n1-c1cc(-c2ccccc2-c2ccccc2)cc2sc3ccccc3c12. The van der Waals surface area contributed by atoms with Gasteiger partial charge in [0.15, 0.2) is 0 Å². The van der Waals surface area contributed by atoms with E-state index in [-0.39, 0.29) is 0 Å². The van der Waals surface area contributed by atoms with Gasteiger partial charge in [-0.25, -0.2) is 0 Å². The maximum Gasteiger partial charge on any atom is 0.0561 e. The van der Waals surface area contributed by atoms with Crippen LogP contribution < -0.4 is 0 Å². The number of aryl methyl sites for hydroxylation is 1. The molecular formula is C61H41N3S. The molecule has 13 rings (SSSR count). The van der Waals surface area contributed by atoms with E-state index in [4.69, 9.17) is 0 Å². The Morgan fingerprint density at radius 1 is 0.415 bits per heavy atom. The van der Waals surface area contributed by atoms with Crippen LogP contribution in [-0.2, 0) is 0 Å². The largest absolute Gasteiger partial charge is 0.309 e. The minimum Gasteiger partial charge on any atom is -0.309 e. The first-order valence-corrected chi connectivity index (χ1v) is 23.0. The van der Waals surface area contributed by atoms with Gasteiger partial charge in [-0.05, 0) is 114 Å². The van der Waals surface area contributed by atoms with Crippen molar-refractivity contribution < 1.29 is 0 Å². The molecule has 0 radical (unpaired) electrons. The average molecular weight is 848 g/mol. The van der Waals surface area contributed by atoms with Gasteiger partial charge in [0.2, 0.25) is 0 Å². The van der Waals surface area contributed by atoms with Gasteiger partial charge >= 0.3 is 0 Å². The van der Waals surface area contributed by atoms with E-state index in [9.17, 15) is 0 Å². The molecule has 0 aliphatic heterocycles. The molecule has 0 spiro atoms. The smallest absolute Gasteiger partial charge is 0.0561 e. The highest BCUT2D eigenvalue weighted by Crippen LogP contribution is 2.45. The fraction of sp³-hybridized carbons (Fsp3) is 0.0164. The molecule has 4 heteroatoms. The quantitative estimate of drug-likeness (QED) is 0.142.